The van der Waals surface area contributed by atoms with E-state index in [4.69, 9.17) is 0 Å². The van der Waals surface area contributed by atoms with Gasteiger partial charge in [-0.25, -0.2) is 0 Å². The second kappa shape index (κ2) is 10.1. The number of piperazine rings is 1. The number of carbonyl (C=O) groups excluding carboxylic acids is 3. The first-order chi connectivity index (χ1) is 12.9. The molecular weight excluding hydrogens is 344 g/mol. The molecule has 0 atom stereocenters. The Morgan fingerprint density at radius 3 is 2.11 bits per heavy atom. The van der Waals surface area contributed by atoms with Gasteiger partial charge in [-0.2, -0.15) is 0 Å². The number of nitrogens with one attached hydrogen (secondary N) is 1. The van der Waals surface area contributed by atoms with Crippen LogP contribution in [0.1, 0.15) is 36.7 Å². The molecule has 27 heavy (non-hydrogen) atoms. The molecule has 2 rings (SSSR count). The van der Waals surface area contributed by atoms with E-state index >= 15 is 0 Å². The average molecular weight is 374 g/mol. The standard InChI is InChI=1S/C20H30N4O3/c1-4-23(5-2)19(26)15-22-10-12-24(13-11-22)20(27)18-8-6-17(7-9-18)14-21-16(3)25/h6-9H,4-5,10-15H2,1-3H3,(H,21,25). The SMILES string of the molecule is CCN(CC)C(=O)CN1CCN(C(=O)c2ccc(CNC(C)=O)cc2)CC1. The van der Waals surface area contributed by atoms with E-state index in [-0.39, 0.29) is 17.7 Å². The monoisotopic (exact) mass is 374 g/mol. The maximum atomic E-state index is 12.7. The molecular formula is C20H30N4O3. The second-order valence-electron chi connectivity index (χ2n) is 6.74. The molecule has 1 aromatic carbocycles. The van der Waals surface area contributed by atoms with Crippen molar-refractivity contribution < 1.29 is 14.4 Å². The van der Waals surface area contributed by atoms with Crippen LogP contribution in [0.4, 0.5) is 0 Å². The van der Waals surface area contributed by atoms with Crippen molar-refractivity contribution in [3.8, 4) is 0 Å². The Kier molecular flexibility index (Phi) is 7.79. The van der Waals surface area contributed by atoms with Crippen molar-refractivity contribution in [3.05, 3.63) is 35.4 Å². The zero-order valence-electron chi connectivity index (χ0n) is 16.5. The van der Waals surface area contributed by atoms with Crippen LogP contribution in [-0.2, 0) is 16.1 Å². The molecule has 0 spiro atoms. The molecule has 1 fully saturated rings. The summed E-state index contributed by atoms with van der Waals surface area (Å²) in [5, 5.41) is 2.74. The van der Waals surface area contributed by atoms with Gasteiger partial charge in [-0.05, 0) is 31.5 Å². The van der Waals surface area contributed by atoms with Crippen LogP contribution in [-0.4, -0.2) is 78.2 Å². The average Bonchev–Trinajstić information content (AvgIpc) is 2.68. The lowest BCUT2D eigenvalue weighted by molar-refractivity contribution is -0.132. The molecule has 1 saturated heterocycles. The highest BCUT2D eigenvalue weighted by atomic mass is 16.2. The highest BCUT2D eigenvalue weighted by Crippen LogP contribution is 2.11. The van der Waals surface area contributed by atoms with Crippen LogP contribution in [0.5, 0.6) is 0 Å². The van der Waals surface area contributed by atoms with Gasteiger partial charge in [0.1, 0.15) is 0 Å². The molecule has 1 aromatic rings. The Labute approximate surface area is 161 Å². The Hall–Kier alpha value is -2.41. The summed E-state index contributed by atoms with van der Waals surface area (Å²) in [6.07, 6.45) is 0. The number of likely N-dealkylation sites (N-methyl/N-ethyl adjacent to an activating group) is 1. The van der Waals surface area contributed by atoms with Crippen molar-refractivity contribution >= 4 is 17.7 Å². The quantitative estimate of drug-likeness (QED) is 0.771. The second-order valence-corrected chi connectivity index (χ2v) is 6.74. The normalized spacial score (nSPS) is 14.7. The van der Waals surface area contributed by atoms with Gasteiger partial charge in [0.15, 0.2) is 0 Å². The molecule has 0 unspecified atom stereocenters. The summed E-state index contributed by atoms with van der Waals surface area (Å²) in [7, 11) is 0. The lowest BCUT2D eigenvalue weighted by Gasteiger charge is -2.35. The minimum Gasteiger partial charge on any atom is -0.352 e. The van der Waals surface area contributed by atoms with Gasteiger partial charge in [-0.15, -0.1) is 0 Å². The highest BCUT2D eigenvalue weighted by molar-refractivity contribution is 5.94. The van der Waals surface area contributed by atoms with E-state index in [0.29, 0.717) is 44.8 Å². The molecule has 7 heteroatoms. The predicted molar refractivity (Wildman–Crippen MR) is 104 cm³/mol. The molecule has 3 amide bonds. The van der Waals surface area contributed by atoms with Crippen LogP contribution in [0.3, 0.4) is 0 Å². The summed E-state index contributed by atoms with van der Waals surface area (Å²) in [6, 6.07) is 7.33. The molecule has 0 bridgehead atoms. The fourth-order valence-corrected chi connectivity index (χ4v) is 3.15. The lowest BCUT2D eigenvalue weighted by Crippen LogP contribution is -2.51. The number of benzene rings is 1. The third-order valence-electron chi connectivity index (χ3n) is 4.88. The highest BCUT2D eigenvalue weighted by Gasteiger charge is 2.24. The maximum absolute atomic E-state index is 12.7. The van der Waals surface area contributed by atoms with Gasteiger partial charge >= 0.3 is 0 Å². The van der Waals surface area contributed by atoms with Crippen LogP contribution in [0, 0.1) is 0 Å². The largest absolute Gasteiger partial charge is 0.352 e. The van der Waals surface area contributed by atoms with E-state index < -0.39 is 0 Å². The van der Waals surface area contributed by atoms with E-state index in [1.54, 1.807) is 12.1 Å². The van der Waals surface area contributed by atoms with Gasteiger partial charge in [-0.3, -0.25) is 19.3 Å². The Bertz CT molecular complexity index is 648. The fourth-order valence-electron chi connectivity index (χ4n) is 3.15. The topological polar surface area (TPSA) is 73.0 Å². The lowest BCUT2D eigenvalue weighted by atomic mass is 10.1. The molecule has 1 aliphatic heterocycles. The van der Waals surface area contributed by atoms with Gasteiger partial charge < -0.3 is 15.1 Å². The summed E-state index contributed by atoms with van der Waals surface area (Å²) < 4.78 is 0. The first-order valence-corrected chi connectivity index (χ1v) is 9.57. The molecule has 0 aromatic heterocycles. The Balaban J connectivity index is 1.84. The van der Waals surface area contributed by atoms with Crippen LogP contribution in [0.25, 0.3) is 0 Å². The van der Waals surface area contributed by atoms with Gasteiger partial charge in [0, 0.05) is 58.3 Å². The van der Waals surface area contributed by atoms with Crippen LogP contribution >= 0.6 is 0 Å². The molecule has 1 N–H and O–H groups in total. The molecule has 1 aliphatic rings. The van der Waals surface area contributed by atoms with Gasteiger partial charge in [0.25, 0.3) is 5.91 Å². The minimum atomic E-state index is -0.0764. The summed E-state index contributed by atoms with van der Waals surface area (Å²) in [5.74, 6) is 0.0813. The summed E-state index contributed by atoms with van der Waals surface area (Å²) in [6.45, 7) is 10.4. The third-order valence-corrected chi connectivity index (χ3v) is 4.88. The van der Waals surface area contributed by atoms with Crippen LogP contribution in [0.15, 0.2) is 24.3 Å². The third kappa shape index (κ3) is 6.06. The number of rotatable bonds is 7. The molecule has 0 saturated carbocycles. The summed E-state index contributed by atoms with van der Waals surface area (Å²) in [5.41, 5.74) is 1.61. The van der Waals surface area contributed by atoms with Crippen molar-refractivity contribution in [2.75, 3.05) is 45.8 Å². The Morgan fingerprint density at radius 2 is 1.59 bits per heavy atom. The van der Waals surface area contributed by atoms with Gasteiger partial charge in [0.05, 0.1) is 6.54 Å². The molecule has 0 aliphatic carbocycles. The van der Waals surface area contributed by atoms with E-state index in [1.165, 1.54) is 6.92 Å². The van der Waals surface area contributed by atoms with E-state index in [1.807, 2.05) is 35.8 Å². The maximum Gasteiger partial charge on any atom is 0.253 e. The smallest absolute Gasteiger partial charge is 0.253 e. The summed E-state index contributed by atoms with van der Waals surface area (Å²) >= 11 is 0. The molecule has 0 radical (unpaired) electrons. The zero-order valence-corrected chi connectivity index (χ0v) is 16.5. The number of carbonyl (C=O) groups is 3. The molecule has 148 valence electrons. The number of hydrogen-bond donors (Lipinski definition) is 1. The van der Waals surface area contributed by atoms with E-state index in [9.17, 15) is 14.4 Å². The first-order valence-electron chi connectivity index (χ1n) is 9.57. The molecule has 1 heterocycles. The predicted octanol–water partition coefficient (Wildman–Crippen LogP) is 0.949. The fraction of sp³-hybridized carbons (Fsp3) is 0.550. The minimum absolute atomic E-state index is 0.01000. The van der Waals surface area contributed by atoms with Gasteiger partial charge in [0.2, 0.25) is 11.8 Å². The zero-order chi connectivity index (χ0) is 19.8. The van der Waals surface area contributed by atoms with Crippen molar-refractivity contribution in [3.63, 3.8) is 0 Å². The molecule has 7 nitrogen and oxygen atoms in total. The first kappa shape index (κ1) is 20.9. The van der Waals surface area contributed by atoms with Crippen LogP contribution < -0.4 is 5.32 Å². The summed E-state index contributed by atoms with van der Waals surface area (Å²) in [4.78, 5) is 41.6. The Morgan fingerprint density at radius 1 is 1.00 bits per heavy atom. The number of nitrogens with zero attached hydrogens (tertiary/aromatic N) is 3. The number of amides is 3. The van der Waals surface area contributed by atoms with E-state index in [0.717, 1.165) is 18.7 Å². The van der Waals surface area contributed by atoms with E-state index in [2.05, 4.69) is 10.2 Å². The van der Waals surface area contributed by atoms with Crippen molar-refractivity contribution in [1.82, 2.24) is 20.0 Å². The van der Waals surface area contributed by atoms with Gasteiger partial charge in [-0.1, -0.05) is 12.1 Å². The van der Waals surface area contributed by atoms with Crippen molar-refractivity contribution in [2.24, 2.45) is 0 Å². The van der Waals surface area contributed by atoms with Crippen LogP contribution in [0.2, 0.25) is 0 Å². The van der Waals surface area contributed by atoms with Crippen molar-refractivity contribution in [2.45, 2.75) is 27.3 Å². The van der Waals surface area contributed by atoms with Crippen molar-refractivity contribution in [1.29, 1.82) is 0 Å². The number of hydrogen-bond acceptors (Lipinski definition) is 4.